The molecule has 0 saturated heterocycles. The first-order valence-electron chi connectivity index (χ1n) is 7.40. The van der Waals surface area contributed by atoms with Crippen molar-refractivity contribution in [3.05, 3.63) is 64.1 Å². The van der Waals surface area contributed by atoms with Crippen LogP contribution in [-0.2, 0) is 22.6 Å². The molecule has 0 atom stereocenters. The molecule has 23 heavy (non-hydrogen) atoms. The Hall–Kier alpha value is -1.85. The van der Waals surface area contributed by atoms with Gasteiger partial charge in [0.05, 0.1) is 18.2 Å². The molecule has 0 heterocycles. The van der Waals surface area contributed by atoms with Gasteiger partial charge in [0.2, 0.25) is 5.91 Å². The maximum atomic E-state index is 11.7. The molecule has 0 unspecified atom stereocenters. The van der Waals surface area contributed by atoms with E-state index in [0.717, 1.165) is 27.8 Å². The summed E-state index contributed by atoms with van der Waals surface area (Å²) in [5.74, 6) is 0.685. The van der Waals surface area contributed by atoms with Crippen LogP contribution in [0.2, 0.25) is 0 Å². The molecule has 0 saturated carbocycles. The zero-order chi connectivity index (χ0) is 16.5. The molecule has 2 aromatic rings. The highest BCUT2D eigenvalue weighted by atomic mass is 79.9. The van der Waals surface area contributed by atoms with Gasteiger partial charge in [0.1, 0.15) is 12.4 Å². The fraction of sp³-hybridized carbons (Fsp3) is 0.278. The minimum absolute atomic E-state index is 0.0680. The molecule has 0 radical (unpaired) electrons. The van der Waals surface area contributed by atoms with Gasteiger partial charge in [-0.3, -0.25) is 4.79 Å². The number of amides is 1. The molecule has 2 rings (SSSR count). The number of hydrogen-bond acceptors (Lipinski definition) is 3. The zero-order valence-corrected chi connectivity index (χ0v) is 14.6. The molecule has 1 N–H and O–H groups in total. The van der Waals surface area contributed by atoms with Gasteiger partial charge >= 0.3 is 0 Å². The molecule has 5 heteroatoms. The summed E-state index contributed by atoms with van der Waals surface area (Å²) in [5.41, 5.74) is 2.16. The van der Waals surface area contributed by atoms with Crippen LogP contribution < -0.4 is 10.1 Å². The van der Waals surface area contributed by atoms with Crippen molar-refractivity contribution in [2.24, 2.45) is 0 Å². The predicted molar refractivity (Wildman–Crippen MR) is 93.5 cm³/mol. The lowest BCUT2D eigenvalue weighted by Gasteiger charge is -2.08. The van der Waals surface area contributed by atoms with Crippen molar-refractivity contribution >= 4 is 21.8 Å². The van der Waals surface area contributed by atoms with Crippen LogP contribution in [0.15, 0.2) is 53.0 Å². The van der Waals surface area contributed by atoms with Gasteiger partial charge in [-0.25, -0.2) is 0 Å². The van der Waals surface area contributed by atoms with Gasteiger partial charge < -0.3 is 14.8 Å². The average Bonchev–Trinajstić information content (AvgIpc) is 2.57. The molecule has 4 nitrogen and oxygen atoms in total. The number of methoxy groups -OCH3 is 1. The van der Waals surface area contributed by atoms with Crippen molar-refractivity contribution in [1.29, 1.82) is 0 Å². The smallest absolute Gasteiger partial charge is 0.246 e. The van der Waals surface area contributed by atoms with Crippen LogP contribution in [0.3, 0.4) is 0 Å². The molecule has 1 amide bonds. The van der Waals surface area contributed by atoms with Crippen LogP contribution in [0.4, 0.5) is 0 Å². The lowest BCUT2D eigenvalue weighted by molar-refractivity contribution is -0.126. The lowest BCUT2D eigenvalue weighted by atomic mass is 10.1. The van der Waals surface area contributed by atoms with E-state index < -0.39 is 0 Å². The van der Waals surface area contributed by atoms with E-state index in [0.29, 0.717) is 13.2 Å². The molecular weight excluding hydrogens is 358 g/mol. The molecule has 0 bridgehead atoms. The van der Waals surface area contributed by atoms with Crippen molar-refractivity contribution in [3.63, 3.8) is 0 Å². The number of hydrogen-bond donors (Lipinski definition) is 1. The normalized spacial score (nSPS) is 10.3. The SMILES string of the molecule is COc1cc(CCNC(=O)COCc2ccccc2)ccc1Br. The molecule has 0 aliphatic rings. The summed E-state index contributed by atoms with van der Waals surface area (Å²) in [6.07, 6.45) is 0.744. The van der Waals surface area contributed by atoms with Crippen molar-refractivity contribution < 1.29 is 14.3 Å². The molecule has 122 valence electrons. The second-order valence-corrected chi connectivity index (χ2v) is 5.90. The molecule has 0 fully saturated rings. The van der Waals surface area contributed by atoms with Gasteiger partial charge in [0, 0.05) is 6.54 Å². The van der Waals surface area contributed by atoms with E-state index in [-0.39, 0.29) is 12.5 Å². The van der Waals surface area contributed by atoms with Gasteiger partial charge in [-0.1, -0.05) is 36.4 Å². The van der Waals surface area contributed by atoms with Crippen LogP contribution in [0.1, 0.15) is 11.1 Å². The number of carbonyl (C=O) groups is 1. The molecular formula is C18H20BrNO3. The lowest BCUT2D eigenvalue weighted by Crippen LogP contribution is -2.29. The summed E-state index contributed by atoms with van der Waals surface area (Å²) in [6, 6.07) is 15.7. The van der Waals surface area contributed by atoms with E-state index in [2.05, 4.69) is 21.2 Å². The topological polar surface area (TPSA) is 47.6 Å². The van der Waals surface area contributed by atoms with Crippen LogP contribution in [-0.4, -0.2) is 26.2 Å². The molecule has 0 aliphatic heterocycles. The number of benzene rings is 2. The highest BCUT2D eigenvalue weighted by Gasteiger charge is 2.04. The van der Waals surface area contributed by atoms with Gasteiger partial charge in [0.15, 0.2) is 0 Å². The summed E-state index contributed by atoms with van der Waals surface area (Å²) < 4.78 is 11.6. The number of carbonyl (C=O) groups excluding carboxylic acids is 1. The summed E-state index contributed by atoms with van der Waals surface area (Å²) in [7, 11) is 1.63. The van der Waals surface area contributed by atoms with Crippen molar-refractivity contribution in [2.45, 2.75) is 13.0 Å². The maximum Gasteiger partial charge on any atom is 0.246 e. The third-order valence-corrected chi connectivity index (χ3v) is 3.95. The summed E-state index contributed by atoms with van der Waals surface area (Å²) in [6.45, 7) is 1.08. The van der Waals surface area contributed by atoms with Gasteiger partial charge in [-0.05, 0) is 45.6 Å². The first kappa shape index (κ1) is 17.5. The van der Waals surface area contributed by atoms with E-state index >= 15 is 0 Å². The van der Waals surface area contributed by atoms with Crippen molar-refractivity contribution in [3.8, 4) is 5.75 Å². The van der Waals surface area contributed by atoms with Gasteiger partial charge in [-0.15, -0.1) is 0 Å². The maximum absolute atomic E-state index is 11.7. The monoisotopic (exact) mass is 377 g/mol. The fourth-order valence-electron chi connectivity index (χ4n) is 2.09. The van der Waals surface area contributed by atoms with Crippen LogP contribution in [0, 0.1) is 0 Å². The van der Waals surface area contributed by atoms with Crippen molar-refractivity contribution in [1.82, 2.24) is 5.32 Å². The van der Waals surface area contributed by atoms with Crippen LogP contribution in [0.25, 0.3) is 0 Å². The number of rotatable bonds is 8. The minimum Gasteiger partial charge on any atom is -0.496 e. The van der Waals surface area contributed by atoms with E-state index in [9.17, 15) is 4.79 Å². The van der Waals surface area contributed by atoms with Gasteiger partial charge in [0.25, 0.3) is 0 Å². The summed E-state index contributed by atoms with van der Waals surface area (Å²) in [4.78, 5) is 11.7. The zero-order valence-electron chi connectivity index (χ0n) is 13.0. The Morgan fingerprint density at radius 3 is 2.65 bits per heavy atom. The van der Waals surface area contributed by atoms with E-state index in [4.69, 9.17) is 9.47 Å². The highest BCUT2D eigenvalue weighted by molar-refractivity contribution is 9.10. The Balaban J connectivity index is 1.66. The van der Waals surface area contributed by atoms with E-state index in [1.54, 1.807) is 7.11 Å². The third-order valence-electron chi connectivity index (χ3n) is 3.30. The number of ether oxygens (including phenoxy) is 2. The second-order valence-electron chi connectivity index (χ2n) is 5.05. The number of nitrogens with one attached hydrogen (secondary N) is 1. The first-order valence-corrected chi connectivity index (χ1v) is 8.19. The molecule has 2 aromatic carbocycles. The first-order chi connectivity index (χ1) is 11.2. The largest absolute Gasteiger partial charge is 0.496 e. The molecule has 0 aliphatic carbocycles. The Morgan fingerprint density at radius 2 is 1.91 bits per heavy atom. The molecule has 0 aromatic heterocycles. The number of halogens is 1. The Labute approximate surface area is 144 Å². The van der Waals surface area contributed by atoms with Crippen LogP contribution >= 0.6 is 15.9 Å². The van der Waals surface area contributed by atoms with Crippen molar-refractivity contribution in [2.75, 3.05) is 20.3 Å². The average molecular weight is 378 g/mol. The fourth-order valence-corrected chi connectivity index (χ4v) is 2.50. The summed E-state index contributed by atoms with van der Waals surface area (Å²) >= 11 is 3.42. The standard InChI is InChI=1S/C18H20BrNO3/c1-22-17-11-14(7-8-16(17)19)9-10-20-18(21)13-23-12-15-5-3-2-4-6-15/h2-8,11H,9-10,12-13H2,1H3,(H,20,21). The second kappa shape index (κ2) is 9.33. The third kappa shape index (κ3) is 6.04. The van der Waals surface area contributed by atoms with Crippen LogP contribution in [0.5, 0.6) is 5.75 Å². The van der Waals surface area contributed by atoms with E-state index in [1.807, 2.05) is 48.5 Å². The molecule has 0 spiro atoms. The quantitative estimate of drug-likeness (QED) is 0.767. The highest BCUT2D eigenvalue weighted by Crippen LogP contribution is 2.25. The Bertz CT molecular complexity index is 631. The Morgan fingerprint density at radius 1 is 1.13 bits per heavy atom. The minimum atomic E-state index is -0.106. The predicted octanol–water partition coefficient (Wildman–Crippen LogP) is 3.33. The Kier molecular flexibility index (Phi) is 7.10. The summed E-state index contributed by atoms with van der Waals surface area (Å²) in [5, 5.41) is 2.85. The van der Waals surface area contributed by atoms with Gasteiger partial charge in [-0.2, -0.15) is 0 Å². The van der Waals surface area contributed by atoms with E-state index in [1.165, 1.54) is 0 Å².